The van der Waals surface area contributed by atoms with Gasteiger partial charge < -0.3 is 5.32 Å². The lowest BCUT2D eigenvalue weighted by molar-refractivity contribution is -0.122. The fraction of sp³-hybridized carbons (Fsp3) is 0.333. The monoisotopic (exact) mass is 341 g/mol. The minimum Gasteiger partial charge on any atom is -0.357 e. The molecule has 1 N–H and O–H groups in total. The molecule has 0 saturated heterocycles. The Morgan fingerprint density at radius 3 is 2.08 bits per heavy atom. The van der Waals surface area contributed by atoms with E-state index in [0.717, 1.165) is 16.5 Å². The van der Waals surface area contributed by atoms with Crippen LogP contribution in [0.5, 0.6) is 0 Å². The molecule has 0 saturated carbocycles. The van der Waals surface area contributed by atoms with Crippen LogP contribution >= 0.6 is 0 Å². The third kappa shape index (κ3) is 5.45. The van der Waals surface area contributed by atoms with E-state index >= 15 is 0 Å². The molecule has 2 aromatic carbocycles. The number of aromatic nitrogens is 2. The topological polar surface area (TPSA) is 46.9 Å². The first-order valence-corrected chi connectivity index (χ1v) is 8.50. The molecule has 0 fully saturated rings. The number of hydrogen-bond donors (Lipinski definition) is 1. The van der Waals surface area contributed by atoms with Crippen LogP contribution in [0.1, 0.15) is 46.7 Å². The first-order valence-electron chi connectivity index (χ1n) is 8.50. The van der Waals surface area contributed by atoms with Gasteiger partial charge in [-0.3, -0.25) is 9.48 Å². The average molecular weight is 341 g/mol. The van der Waals surface area contributed by atoms with E-state index in [0.29, 0.717) is 0 Å². The van der Waals surface area contributed by atoms with Crippen LogP contribution in [-0.2, 0) is 4.79 Å². The normalized spacial score (nSPS) is 10.3. The summed E-state index contributed by atoms with van der Waals surface area (Å²) in [4.78, 5) is 12.2. The van der Waals surface area contributed by atoms with Crippen molar-refractivity contribution >= 4 is 16.8 Å². The zero-order valence-electron chi connectivity index (χ0n) is 15.2. The van der Waals surface area contributed by atoms with E-state index in [4.69, 9.17) is 0 Å². The summed E-state index contributed by atoms with van der Waals surface area (Å²) < 4.78 is 1.72. The zero-order chi connectivity index (χ0) is 17.9. The Labute approximate surface area is 151 Å². The van der Waals surface area contributed by atoms with Crippen molar-refractivity contribution in [1.29, 1.82) is 0 Å². The summed E-state index contributed by atoms with van der Waals surface area (Å²) in [6, 6.07) is 17.0. The molecule has 0 radical (unpaired) electrons. The highest BCUT2D eigenvalue weighted by Crippen LogP contribution is 2.21. The second-order valence-corrected chi connectivity index (χ2v) is 4.60. The predicted molar refractivity (Wildman–Crippen MR) is 108 cm³/mol. The number of nitrogens with one attached hydrogen (secondary N) is 1. The summed E-state index contributed by atoms with van der Waals surface area (Å²) in [5.74, 6) is -0.0796. The highest BCUT2D eigenvalue weighted by atomic mass is 16.2. The Hall–Kier alpha value is -2.62. The van der Waals surface area contributed by atoms with Crippen LogP contribution in [0.15, 0.2) is 60.8 Å². The second-order valence-electron chi connectivity index (χ2n) is 4.60. The second kappa shape index (κ2) is 11.8. The van der Waals surface area contributed by atoms with E-state index in [2.05, 4.69) is 10.4 Å². The molecular formula is C21H31N3O. The summed E-state index contributed by atoms with van der Waals surface area (Å²) in [5, 5.41) is 8.25. The summed E-state index contributed by atoms with van der Waals surface area (Å²) in [7, 11) is 1.64. The van der Waals surface area contributed by atoms with Gasteiger partial charge in [-0.2, -0.15) is 5.10 Å². The van der Waals surface area contributed by atoms with Crippen LogP contribution in [-0.4, -0.2) is 22.7 Å². The van der Waals surface area contributed by atoms with E-state index in [1.807, 2.05) is 88.5 Å². The van der Waals surface area contributed by atoms with Gasteiger partial charge in [-0.05, 0) is 11.6 Å². The van der Waals surface area contributed by atoms with E-state index in [1.165, 1.54) is 0 Å². The minimum absolute atomic E-state index is 0. The Balaban J connectivity index is 0.00000108. The first kappa shape index (κ1) is 22.4. The molecule has 0 bridgehead atoms. The summed E-state index contributed by atoms with van der Waals surface area (Å²) in [6.07, 6.45) is 1.90. The number of benzene rings is 2. The third-order valence-electron chi connectivity index (χ3n) is 3.31. The van der Waals surface area contributed by atoms with E-state index < -0.39 is 6.04 Å². The maximum Gasteiger partial charge on any atom is 0.249 e. The minimum atomic E-state index is -0.450. The standard InChI is InChI=1S/C16H15N3O.2C2H6.CH4/c1-17-16(20)15(12-7-3-2-4-8-12)19-11-13-9-5-6-10-14(13)18-19;2*1-2;/h2-11,15H,1H3,(H,17,20);2*1-2H3;1H4. The van der Waals surface area contributed by atoms with Crippen molar-refractivity contribution in [1.82, 2.24) is 15.1 Å². The Kier molecular flexibility index (Phi) is 10.6. The number of hydrogen-bond acceptors (Lipinski definition) is 2. The number of carbonyl (C=O) groups excluding carboxylic acids is 1. The van der Waals surface area contributed by atoms with E-state index in [9.17, 15) is 4.79 Å². The molecular weight excluding hydrogens is 310 g/mol. The Bertz CT molecular complexity index is 702. The number of fused-ring (bicyclic) bond motifs is 1. The SMILES string of the molecule is C.CC.CC.CNC(=O)C(c1ccccc1)n1cc2ccccc2n1. The average Bonchev–Trinajstić information content (AvgIpc) is 3.09. The maximum atomic E-state index is 12.2. The van der Waals surface area contributed by atoms with Gasteiger partial charge in [-0.1, -0.05) is 83.7 Å². The summed E-state index contributed by atoms with van der Waals surface area (Å²) in [6.45, 7) is 8.00. The molecule has 0 spiro atoms. The molecule has 3 aromatic rings. The van der Waals surface area contributed by atoms with Gasteiger partial charge in [0, 0.05) is 18.6 Å². The van der Waals surface area contributed by atoms with Crippen LogP contribution in [0.3, 0.4) is 0 Å². The molecule has 0 aliphatic heterocycles. The zero-order valence-corrected chi connectivity index (χ0v) is 15.2. The largest absolute Gasteiger partial charge is 0.357 e. The van der Waals surface area contributed by atoms with Crippen LogP contribution in [0, 0.1) is 0 Å². The number of amides is 1. The van der Waals surface area contributed by atoms with Crippen molar-refractivity contribution in [3.63, 3.8) is 0 Å². The number of carbonyl (C=O) groups is 1. The molecule has 0 aliphatic carbocycles. The fourth-order valence-corrected chi connectivity index (χ4v) is 2.31. The quantitative estimate of drug-likeness (QED) is 0.724. The van der Waals surface area contributed by atoms with Gasteiger partial charge in [0.05, 0.1) is 5.52 Å². The van der Waals surface area contributed by atoms with Crippen LogP contribution in [0.4, 0.5) is 0 Å². The number of likely N-dealkylation sites (N-methyl/N-ethyl adjacent to an activating group) is 1. The Morgan fingerprint density at radius 1 is 0.960 bits per heavy atom. The molecule has 1 amide bonds. The summed E-state index contributed by atoms with van der Waals surface area (Å²) in [5.41, 5.74) is 1.80. The van der Waals surface area contributed by atoms with Crippen molar-refractivity contribution < 1.29 is 4.79 Å². The first-order chi connectivity index (χ1) is 11.8. The molecule has 4 heteroatoms. The third-order valence-corrected chi connectivity index (χ3v) is 3.31. The molecule has 4 nitrogen and oxygen atoms in total. The molecule has 1 unspecified atom stereocenters. The lowest BCUT2D eigenvalue weighted by Crippen LogP contribution is -2.30. The van der Waals surface area contributed by atoms with Gasteiger partial charge in [0.15, 0.2) is 6.04 Å². The van der Waals surface area contributed by atoms with Gasteiger partial charge in [0.25, 0.3) is 0 Å². The molecule has 1 heterocycles. The van der Waals surface area contributed by atoms with E-state index in [-0.39, 0.29) is 13.3 Å². The van der Waals surface area contributed by atoms with Crippen LogP contribution < -0.4 is 5.32 Å². The van der Waals surface area contributed by atoms with Crippen molar-refractivity contribution in [3.05, 3.63) is 66.4 Å². The van der Waals surface area contributed by atoms with Gasteiger partial charge in [-0.15, -0.1) is 0 Å². The molecule has 25 heavy (non-hydrogen) atoms. The lowest BCUT2D eigenvalue weighted by atomic mass is 10.1. The predicted octanol–water partition coefficient (Wildman–Crippen LogP) is 5.06. The van der Waals surface area contributed by atoms with Crippen LogP contribution in [0.2, 0.25) is 0 Å². The lowest BCUT2D eigenvalue weighted by Gasteiger charge is -2.16. The highest BCUT2D eigenvalue weighted by Gasteiger charge is 2.22. The molecule has 1 atom stereocenters. The van der Waals surface area contributed by atoms with Crippen molar-refractivity contribution in [2.45, 2.75) is 41.2 Å². The van der Waals surface area contributed by atoms with Crippen molar-refractivity contribution in [3.8, 4) is 0 Å². The van der Waals surface area contributed by atoms with Crippen molar-refractivity contribution in [2.24, 2.45) is 0 Å². The summed E-state index contributed by atoms with van der Waals surface area (Å²) >= 11 is 0. The number of nitrogens with zero attached hydrogens (tertiary/aromatic N) is 2. The van der Waals surface area contributed by atoms with Crippen molar-refractivity contribution in [2.75, 3.05) is 7.05 Å². The molecule has 0 aliphatic rings. The molecule has 136 valence electrons. The number of rotatable bonds is 3. The highest BCUT2D eigenvalue weighted by molar-refractivity contribution is 5.84. The van der Waals surface area contributed by atoms with Gasteiger partial charge in [0.2, 0.25) is 5.91 Å². The fourth-order valence-electron chi connectivity index (χ4n) is 2.31. The maximum absolute atomic E-state index is 12.2. The van der Waals surface area contributed by atoms with E-state index in [1.54, 1.807) is 11.7 Å². The molecule has 1 aromatic heterocycles. The van der Waals surface area contributed by atoms with Crippen LogP contribution in [0.25, 0.3) is 10.9 Å². The van der Waals surface area contributed by atoms with Gasteiger partial charge in [0.1, 0.15) is 0 Å². The van der Waals surface area contributed by atoms with Gasteiger partial charge >= 0.3 is 0 Å². The smallest absolute Gasteiger partial charge is 0.249 e. The van der Waals surface area contributed by atoms with Gasteiger partial charge in [-0.25, -0.2) is 0 Å². The molecule has 3 rings (SSSR count). The Morgan fingerprint density at radius 2 is 1.52 bits per heavy atom.